The van der Waals surface area contributed by atoms with E-state index in [1.165, 1.54) is 6.42 Å². The fraction of sp³-hybridized carbons (Fsp3) is 0.611. The van der Waals surface area contributed by atoms with E-state index >= 15 is 0 Å². The highest BCUT2D eigenvalue weighted by Gasteiger charge is 2.24. The van der Waals surface area contributed by atoms with Gasteiger partial charge < -0.3 is 4.90 Å². The highest BCUT2D eigenvalue weighted by atomic mass is 15.1. The standard InChI is InChI=1S/C16H26N2.C2H6/c1-6-7-8-12-18-13-11-16(4,14(2)3)10-9-15(18)17-5;1-2/h8-14H,6-7H2,1-5H3;1-2H3/b12-8-,17-15?;. The van der Waals surface area contributed by atoms with Crippen LogP contribution in [0, 0.1) is 11.3 Å². The number of amidine groups is 1. The molecule has 2 nitrogen and oxygen atoms in total. The monoisotopic (exact) mass is 276 g/mol. The molecule has 0 N–H and O–H groups in total. The number of aliphatic imine (C=N–C) groups is 1. The molecule has 0 fully saturated rings. The Bertz CT molecular complexity index is 375. The van der Waals surface area contributed by atoms with Gasteiger partial charge in [-0.05, 0) is 18.4 Å². The van der Waals surface area contributed by atoms with Crippen molar-refractivity contribution in [3.63, 3.8) is 0 Å². The van der Waals surface area contributed by atoms with Crippen LogP contribution in [0.1, 0.15) is 54.4 Å². The molecule has 20 heavy (non-hydrogen) atoms. The summed E-state index contributed by atoms with van der Waals surface area (Å²) in [7, 11) is 1.84. The van der Waals surface area contributed by atoms with Gasteiger partial charge in [-0.3, -0.25) is 4.99 Å². The summed E-state index contributed by atoms with van der Waals surface area (Å²) in [6.45, 7) is 12.9. The predicted octanol–water partition coefficient (Wildman–Crippen LogP) is 5.40. The van der Waals surface area contributed by atoms with E-state index < -0.39 is 0 Å². The molecular weight excluding hydrogens is 244 g/mol. The van der Waals surface area contributed by atoms with E-state index in [1.807, 2.05) is 20.9 Å². The molecule has 2 heteroatoms. The van der Waals surface area contributed by atoms with Crippen LogP contribution >= 0.6 is 0 Å². The molecule has 0 bridgehead atoms. The largest absolute Gasteiger partial charge is 0.310 e. The van der Waals surface area contributed by atoms with Gasteiger partial charge in [0.1, 0.15) is 5.84 Å². The Balaban J connectivity index is 0.00000172. The normalized spacial score (nSPS) is 24.2. The van der Waals surface area contributed by atoms with Crippen molar-refractivity contribution in [2.75, 3.05) is 7.05 Å². The van der Waals surface area contributed by atoms with Crippen LogP contribution in [0.5, 0.6) is 0 Å². The number of hydrogen-bond donors (Lipinski definition) is 0. The second-order valence-electron chi connectivity index (χ2n) is 5.33. The quantitative estimate of drug-likeness (QED) is 0.671. The van der Waals surface area contributed by atoms with Gasteiger partial charge in [0, 0.05) is 24.9 Å². The summed E-state index contributed by atoms with van der Waals surface area (Å²) in [5.41, 5.74) is 0.100. The number of nitrogens with zero attached hydrogens (tertiary/aromatic N) is 2. The Labute approximate surface area is 126 Å². The SMILES string of the molecule is CC.CCC/C=C\N1C=CC(C)(C(C)C)C=CC1=NC. The van der Waals surface area contributed by atoms with Crippen molar-refractivity contribution in [3.05, 3.63) is 36.7 Å². The van der Waals surface area contributed by atoms with Gasteiger partial charge >= 0.3 is 0 Å². The first-order chi connectivity index (χ1) is 9.53. The van der Waals surface area contributed by atoms with E-state index in [0.29, 0.717) is 5.92 Å². The molecule has 1 aliphatic rings. The van der Waals surface area contributed by atoms with Crippen molar-refractivity contribution in [2.24, 2.45) is 16.3 Å². The number of hydrogen-bond acceptors (Lipinski definition) is 1. The maximum atomic E-state index is 4.35. The molecule has 1 rings (SSSR count). The van der Waals surface area contributed by atoms with Crippen LogP contribution in [0.3, 0.4) is 0 Å². The molecule has 0 amide bonds. The fourth-order valence-electron chi connectivity index (χ4n) is 1.77. The van der Waals surface area contributed by atoms with Crippen molar-refractivity contribution in [3.8, 4) is 0 Å². The Morgan fingerprint density at radius 2 is 1.95 bits per heavy atom. The third kappa shape index (κ3) is 5.36. The summed E-state index contributed by atoms with van der Waals surface area (Å²) >= 11 is 0. The smallest absolute Gasteiger partial charge is 0.131 e. The van der Waals surface area contributed by atoms with E-state index in [1.54, 1.807) is 0 Å². The third-order valence-electron chi connectivity index (χ3n) is 3.64. The van der Waals surface area contributed by atoms with E-state index in [-0.39, 0.29) is 5.41 Å². The maximum absolute atomic E-state index is 4.35. The van der Waals surface area contributed by atoms with Gasteiger partial charge in [-0.2, -0.15) is 0 Å². The molecule has 0 aliphatic carbocycles. The minimum atomic E-state index is 0.100. The van der Waals surface area contributed by atoms with E-state index in [2.05, 4.69) is 74.3 Å². The van der Waals surface area contributed by atoms with Crippen LogP contribution in [-0.2, 0) is 0 Å². The number of allylic oxidation sites excluding steroid dienone is 3. The summed E-state index contributed by atoms with van der Waals surface area (Å²) in [6.07, 6.45) is 15.4. The van der Waals surface area contributed by atoms with Crippen LogP contribution in [0.2, 0.25) is 0 Å². The van der Waals surface area contributed by atoms with Crippen LogP contribution in [0.4, 0.5) is 0 Å². The third-order valence-corrected chi connectivity index (χ3v) is 3.64. The minimum absolute atomic E-state index is 0.100. The van der Waals surface area contributed by atoms with Gasteiger partial charge in [0.15, 0.2) is 0 Å². The summed E-state index contributed by atoms with van der Waals surface area (Å²) in [5.74, 6) is 1.56. The molecule has 1 unspecified atom stereocenters. The van der Waals surface area contributed by atoms with E-state index in [0.717, 1.165) is 12.3 Å². The van der Waals surface area contributed by atoms with Crippen LogP contribution in [0.25, 0.3) is 0 Å². The van der Waals surface area contributed by atoms with Crippen LogP contribution in [-0.4, -0.2) is 17.8 Å². The minimum Gasteiger partial charge on any atom is -0.310 e. The molecule has 0 saturated heterocycles. The van der Waals surface area contributed by atoms with E-state index in [4.69, 9.17) is 0 Å². The zero-order valence-corrected chi connectivity index (χ0v) is 14.4. The lowest BCUT2D eigenvalue weighted by Crippen LogP contribution is -2.17. The first kappa shape index (κ1) is 18.7. The van der Waals surface area contributed by atoms with Gasteiger partial charge in [-0.15, -0.1) is 0 Å². The predicted molar refractivity (Wildman–Crippen MR) is 91.8 cm³/mol. The molecule has 1 atom stereocenters. The van der Waals surface area contributed by atoms with Gasteiger partial charge in [0.2, 0.25) is 0 Å². The topological polar surface area (TPSA) is 15.6 Å². The highest BCUT2D eigenvalue weighted by molar-refractivity contribution is 5.94. The van der Waals surface area contributed by atoms with Crippen molar-refractivity contribution in [1.29, 1.82) is 0 Å². The molecular formula is C18H32N2. The summed E-state index contributed by atoms with van der Waals surface area (Å²) in [4.78, 5) is 6.44. The first-order valence-corrected chi connectivity index (χ1v) is 7.84. The van der Waals surface area contributed by atoms with Crippen molar-refractivity contribution < 1.29 is 0 Å². The molecule has 1 aliphatic heterocycles. The lowest BCUT2D eigenvalue weighted by atomic mass is 9.79. The Morgan fingerprint density at radius 3 is 2.45 bits per heavy atom. The van der Waals surface area contributed by atoms with E-state index in [9.17, 15) is 0 Å². The first-order valence-electron chi connectivity index (χ1n) is 7.84. The molecule has 0 aromatic rings. The zero-order valence-electron chi connectivity index (χ0n) is 14.4. The van der Waals surface area contributed by atoms with Gasteiger partial charge in [-0.25, -0.2) is 0 Å². The molecule has 0 spiro atoms. The van der Waals surface area contributed by atoms with Crippen molar-refractivity contribution in [2.45, 2.75) is 54.4 Å². The Morgan fingerprint density at radius 1 is 1.30 bits per heavy atom. The lowest BCUT2D eigenvalue weighted by Gasteiger charge is -2.25. The second kappa shape index (κ2) is 9.57. The maximum Gasteiger partial charge on any atom is 0.131 e. The second-order valence-corrected chi connectivity index (χ2v) is 5.33. The Kier molecular flexibility index (Phi) is 8.94. The molecule has 1 heterocycles. The molecule has 114 valence electrons. The van der Waals surface area contributed by atoms with Crippen molar-refractivity contribution in [1.82, 2.24) is 4.90 Å². The van der Waals surface area contributed by atoms with Gasteiger partial charge in [0.05, 0.1) is 0 Å². The van der Waals surface area contributed by atoms with Gasteiger partial charge in [-0.1, -0.05) is 66.2 Å². The summed E-state index contributed by atoms with van der Waals surface area (Å²) in [5, 5.41) is 0. The van der Waals surface area contributed by atoms with Crippen LogP contribution < -0.4 is 0 Å². The molecule has 0 radical (unpaired) electrons. The Hall–Kier alpha value is -1.31. The fourth-order valence-corrected chi connectivity index (χ4v) is 1.77. The van der Waals surface area contributed by atoms with Crippen LogP contribution in [0.15, 0.2) is 41.7 Å². The average Bonchev–Trinajstić information content (AvgIpc) is 2.62. The number of unbranched alkanes of at least 4 members (excludes halogenated alkanes) is 1. The molecule has 0 aromatic carbocycles. The van der Waals surface area contributed by atoms with Crippen molar-refractivity contribution >= 4 is 5.84 Å². The molecule has 0 saturated carbocycles. The lowest BCUT2D eigenvalue weighted by molar-refractivity contribution is 0.382. The summed E-state index contributed by atoms with van der Waals surface area (Å²) in [6, 6.07) is 0. The zero-order chi connectivity index (χ0) is 15.6. The summed E-state index contributed by atoms with van der Waals surface area (Å²) < 4.78 is 0. The highest BCUT2D eigenvalue weighted by Crippen LogP contribution is 2.32. The van der Waals surface area contributed by atoms with Gasteiger partial charge in [0.25, 0.3) is 0 Å². The number of rotatable bonds is 4. The average molecular weight is 276 g/mol. The molecule has 0 aromatic heterocycles.